The van der Waals surface area contributed by atoms with Crippen LogP contribution in [0.1, 0.15) is 18.1 Å². The molecule has 2 atom stereocenters. The number of carbonyl (C=O) groups excluding carboxylic acids is 1. The van der Waals surface area contributed by atoms with Crippen LogP contribution >= 0.6 is 0 Å². The highest BCUT2D eigenvalue weighted by Crippen LogP contribution is 2.22. The first-order valence-corrected chi connectivity index (χ1v) is 5.85. The predicted octanol–water partition coefficient (Wildman–Crippen LogP) is 0.0151. The van der Waals surface area contributed by atoms with Crippen LogP contribution in [0.5, 0.6) is 5.75 Å². The second-order valence-corrected chi connectivity index (χ2v) is 3.93. The van der Waals surface area contributed by atoms with Gasteiger partial charge in [-0.05, 0) is 17.7 Å². The van der Waals surface area contributed by atoms with Crippen LogP contribution in [0.25, 0.3) is 0 Å². The number of aliphatic hydroxyl groups is 3. The molecule has 0 radical (unpaired) electrons. The first kappa shape index (κ1) is 15.4. The number of esters is 1. The van der Waals surface area contributed by atoms with Crippen molar-refractivity contribution in [2.45, 2.75) is 18.6 Å². The lowest BCUT2D eigenvalue weighted by Gasteiger charge is -2.17. The molecular weight excluding hydrogens is 252 g/mol. The van der Waals surface area contributed by atoms with E-state index in [-0.39, 0.29) is 19.6 Å². The van der Waals surface area contributed by atoms with Crippen LogP contribution in [0.2, 0.25) is 0 Å². The summed E-state index contributed by atoms with van der Waals surface area (Å²) >= 11 is 0. The second kappa shape index (κ2) is 7.73. The number of carbonyl (C=O) groups is 1. The number of ether oxygens (including phenoxy) is 2. The molecule has 2 unspecified atom stereocenters. The molecule has 6 nitrogen and oxygen atoms in total. The molecule has 0 bridgehead atoms. The summed E-state index contributed by atoms with van der Waals surface area (Å²) in [4.78, 5) is 11.0. The third-order valence-electron chi connectivity index (χ3n) is 2.55. The molecule has 1 rings (SSSR count). The first-order valence-electron chi connectivity index (χ1n) is 5.85. The smallest absolute Gasteiger partial charge is 0.308 e. The Morgan fingerprint density at radius 1 is 1.26 bits per heavy atom. The highest BCUT2D eigenvalue weighted by atomic mass is 16.5. The van der Waals surface area contributed by atoms with Crippen LogP contribution in [0.15, 0.2) is 24.3 Å². The maximum atomic E-state index is 11.0. The maximum Gasteiger partial charge on any atom is 0.308 e. The molecule has 0 aliphatic rings. The van der Waals surface area contributed by atoms with E-state index in [4.69, 9.17) is 9.84 Å². The van der Waals surface area contributed by atoms with Gasteiger partial charge in [0.25, 0.3) is 0 Å². The van der Waals surface area contributed by atoms with Gasteiger partial charge in [0.2, 0.25) is 0 Å². The second-order valence-electron chi connectivity index (χ2n) is 3.93. The van der Waals surface area contributed by atoms with Gasteiger partial charge < -0.3 is 24.8 Å². The van der Waals surface area contributed by atoms with Crippen molar-refractivity contribution in [3.63, 3.8) is 0 Å². The summed E-state index contributed by atoms with van der Waals surface area (Å²) in [6.07, 6.45) is -2.68. The highest BCUT2D eigenvalue weighted by Gasteiger charge is 2.21. The molecule has 0 saturated heterocycles. The average molecular weight is 270 g/mol. The van der Waals surface area contributed by atoms with Crippen LogP contribution in [0.3, 0.4) is 0 Å². The Morgan fingerprint density at radius 3 is 2.42 bits per heavy atom. The van der Waals surface area contributed by atoms with E-state index in [1.165, 1.54) is 7.11 Å². The molecule has 0 aromatic heterocycles. The third-order valence-corrected chi connectivity index (χ3v) is 2.55. The summed E-state index contributed by atoms with van der Waals surface area (Å²) < 4.78 is 9.58. The minimum atomic E-state index is -1.23. The maximum absolute atomic E-state index is 11.0. The lowest BCUT2D eigenvalue weighted by Crippen LogP contribution is -2.22. The molecule has 0 heterocycles. The first-order chi connectivity index (χ1) is 9.08. The van der Waals surface area contributed by atoms with Gasteiger partial charge in [-0.25, -0.2) is 0 Å². The average Bonchev–Trinajstić information content (AvgIpc) is 2.44. The fourth-order valence-electron chi connectivity index (χ4n) is 1.51. The van der Waals surface area contributed by atoms with E-state index in [9.17, 15) is 15.0 Å². The Morgan fingerprint density at radius 2 is 1.89 bits per heavy atom. The summed E-state index contributed by atoms with van der Waals surface area (Å²) in [7, 11) is 1.22. The quantitative estimate of drug-likeness (QED) is 0.604. The molecule has 3 N–H and O–H groups in total. The molecule has 0 amide bonds. The molecule has 6 heteroatoms. The van der Waals surface area contributed by atoms with Gasteiger partial charge in [-0.2, -0.15) is 0 Å². The van der Waals surface area contributed by atoms with Crippen molar-refractivity contribution in [1.29, 1.82) is 0 Å². The SMILES string of the molecule is COC(=O)CC(O)C(O)c1ccc(OCCO)cc1. The van der Waals surface area contributed by atoms with E-state index in [0.29, 0.717) is 11.3 Å². The normalized spacial score (nSPS) is 13.7. The van der Waals surface area contributed by atoms with Crippen LogP contribution in [-0.4, -0.2) is 47.7 Å². The number of benzene rings is 1. The molecule has 0 aliphatic heterocycles. The van der Waals surface area contributed by atoms with Gasteiger partial charge in [-0.15, -0.1) is 0 Å². The van der Waals surface area contributed by atoms with Gasteiger partial charge >= 0.3 is 5.97 Å². The molecule has 0 aliphatic carbocycles. The summed E-state index contributed by atoms with van der Waals surface area (Å²) in [5.41, 5.74) is 0.466. The number of rotatable bonds is 7. The summed E-state index contributed by atoms with van der Waals surface area (Å²) in [5.74, 6) is -0.0399. The van der Waals surface area contributed by atoms with Crippen molar-refractivity contribution < 1.29 is 29.6 Å². The van der Waals surface area contributed by atoms with Crippen molar-refractivity contribution in [3.8, 4) is 5.75 Å². The molecular formula is C13H18O6. The van der Waals surface area contributed by atoms with Crippen LogP contribution in [-0.2, 0) is 9.53 Å². The Kier molecular flexibility index (Phi) is 6.27. The van der Waals surface area contributed by atoms with E-state index in [1.54, 1.807) is 24.3 Å². The van der Waals surface area contributed by atoms with Gasteiger partial charge in [0.15, 0.2) is 0 Å². The minimum Gasteiger partial charge on any atom is -0.491 e. The fraction of sp³-hybridized carbons (Fsp3) is 0.462. The molecule has 19 heavy (non-hydrogen) atoms. The van der Waals surface area contributed by atoms with Gasteiger partial charge in [0.05, 0.1) is 26.2 Å². The van der Waals surface area contributed by atoms with E-state index >= 15 is 0 Å². The van der Waals surface area contributed by atoms with Gasteiger partial charge in [0.1, 0.15) is 18.5 Å². The van der Waals surface area contributed by atoms with Crippen molar-refractivity contribution in [2.24, 2.45) is 0 Å². The van der Waals surface area contributed by atoms with Crippen molar-refractivity contribution in [2.75, 3.05) is 20.3 Å². The molecule has 1 aromatic carbocycles. The van der Waals surface area contributed by atoms with E-state index in [0.717, 1.165) is 0 Å². The molecule has 0 spiro atoms. The Bertz CT molecular complexity index is 389. The monoisotopic (exact) mass is 270 g/mol. The van der Waals surface area contributed by atoms with Gasteiger partial charge in [0, 0.05) is 0 Å². The zero-order valence-electron chi connectivity index (χ0n) is 10.7. The Hall–Kier alpha value is -1.63. The number of methoxy groups -OCH3 is 1. The summed E-state index contributed by atoms with van der Waals surface area (Å²) in [6, 6.07) is 6.38. The van der Waals surface area contributed by atoms with E-state index < -0.39 is 18.2 Å². The lowest BCUT2D eigenvalue weighted by molar-refractivity contribution is -0.144. The van der Waals surface area contributed by atoms with Crippen LogP contribution in [0.4, 0.5) is 0 Å². The topological polar surface area (TPSA) is 96.2 Å². The van der Waals surface area contributed by atoms with Gasteiger partial charge in [-0.1, -0.05) is 12.1 Å². The van der Waals surface area contributed by atoms with Crippen molar-refractivity contribution in [1.82, 2.24) is 0 Å². The van der Waals surface area contributed by atoms with Crippen LogP contribution in [0, 0.1) is 0 Å². The fourth-order valence-corrected chi connectivity index (χ4v) is 1.51. The van der Waals surface area contributed by atoms with Gasteiger partial charge in [-0.3, -0.25) is 4.79 Å². The van der Waals surface area contributed by atoms with Crippen molar-refractivity contribution in [3.05, 3.63) is 29.8 Å². The van der Waals surface area contributed by atoms with Crippen molar-refractivity contribution >= 4 is 5.97 Å². The zero-order valence-corrected chi connectivity index (χ0v) is 10.7. The molecule has 0 saturated carbocycles. The lowest BCUT2D eigenvalue weighted by atomic mass is 10.0. The molecule has 1 aromatic rings. The highest BCUT2D eigenvalue weighted by molar-refractivity contribution is 5.69. The largest absolute Gasteiger partial charge is 0.491 e. The minimum absolute atomic E-state index is 0.0811. The Labute approximate surface area is 111 Å². The standard InChI is InChI=1S/C13H18O6/c1-18-12(16)8-11(15)13(17)9-2-4-10(5-3-9)19-7-6-14/h2-5,11,13-15,17H,6-8H2,1H3. The number of aliphatic hydroxyl groups excluding tert-OH is 3. The summed E-state index contributed by atoms with van der Waals surface area (Å²) in [6.45, 7) is 0.106. The summed E-state index contributed by atoms with van der Waals surface area (Å²) in [5, 5.41) is 28.1. The van der Waals surface area contributed by atoms with E-state index in [1.807, 2.05) is 0 Å². The van der Waals surface area contributed by atoms with E-state index in [2.05, 4.69) is 4.74 Å². The molecule has 0 fully saturated rings. The Balaban J connectivity index is 2.61. The number of hydrogen-bond acceptors (Lipinski definition) is 6. The molecule has 106 valence electrons. The number of hydrogen-bond donors (Lipinski definition) is 3. The third kappa shape index (κ3) is 4.86. The predicted molar refractivity (Wildman–Crippen MR) is 66.6 cm³/mol. The zero-order chi connectivity index (χ0) is 14.3. The van der Waals surface area contributed by atoms with Crippen LogP contribution < -0.4 is 4.74 Å².